The summed E-state index contributed by atoms with van der Waals surface area (Å²) in [6.45, 7) is 2.06. The molecule has 0 heterocycles. The van der Waals surface area contributed by atoms with Crippen LogP contribution >= 0.6 is 27.7 Å². The van der Waals surface area contributed by atoms with Crippen molar-refractivity contribution in [3.05, 3.63) is 34.3 Å². The maximum absolute atomic E-state index is 11.4. The fraction of sp³-hybridized carbons (Fsp3) is 0.556. The van der Waals surface area contributed by atoms with E-state index in [0.29, 0.717) is 12.8 Å². The number of thioether (sulfide) groups is 1. The molecule has 0 aliphatic carbocycles. The number of carbonyl (C=O) groups is 2. The van der Waals surface area contributed by atoms with E-state index in [0.717, 1.165) is 23.1 Å². The number of benzene rings is 1. The lowest BCUT2D eigenvalue weighted by Crippen LogP contribution is -2.09. The van der Waals surface area contributed by atoms with Crippen molar-refractivity contribution in [1.82, 2.24) is 0 Å². The molecule has 0 amide bonds. The monoisotopic (exact) mass is 416 g/mol. The average Bonchev–Trinajstić information content (AvgIpc) is 2.57. The standard InChI is InChI=1S/C18H25BrO4S/c1-13(11-18(21)23-3)7-8-16(24-10-9-17(20)22-2)14-5-4-6-15(19)12-14/h4-6,12-13,16H,7-11H2,1-3H3. The second-order valence-electron chi connectivity index (χ2n) is 5.70. The lowest BCUT2D eigenvalue weighted by atomic mass is 9.98. The zero-order valence-corrected chi connectivity index (χ0v) is 16.8. The van der Waals surface area contributed by atoms with Crippen LogP contribution in [0.2, 0.25) is 0 Å². The molecule has 4 nitrogen and oxygen atoms in total. The Morgan fingerprint density at radius 1 is 1.17 bits per heavy atom. The smallest absolute Gasteiger partial charge is 0.306 e. The maximum atomic E-state index is 11.4. The predicted molar refractivity (Wildman–Crippen MR) is 101 cm³/mol. The molecular formula is C18H25BrO4S. The molecule has 0 aromatic heterocycles. The van der Waals surface area contributed by atoms with E-state index in [2.05, 4.69) is 35.0 Å². The van der Waals surface area contributed by atoms with Crippen LogP contribution in [0.15, 0.2) is 28.7 Å². The van der Waals surface area contributed by atoms with Gasteiger partial charge >= 0.3 is 11.9 Å². The molecule has 0 spiro atoms. The zero-order chi connectivity index (χ0) is 17.9. The predicted octanol–water partition coefficient (Wildman–Crippen LogP) is 4.77. The van der Waals surface area contributed by atoms with Gasteiger partial charge in [-0.15, -0.1) is 0 Å². The topological polar surface area (TPSA) is 52.6 Å². The zero-order valence-electron chi connectivity index (χ0n) is 14.4. The van der Waals surface area contributed by atoms with Crippen molar-refractivity contribution >= 4 is 39.6 Å². The van der Waals surface area contributed by atoms with Crippen LogP contribution < -0.4 is 0 Å². The molecule has 0 bridgehead atoms. The molecule has 0 N–H and O–H groups in total. The van der Waals surface area contributed by atoms with Crippen LogP contribution in [0.4, 0.5) is 0 Å². The number of hydrogen-bond acceptors (Lipinski definition) is 5. The first-order valence-corrected chi connectivity index (χ1v) is 9.81. The maximum Gasteiger partial charge on any atom is 0.306 e. The number of halogens is 1. The second-order valence-corrected chi connectivity index (χ2v) is 7.93. The Morgan fingerprint density at radius 3 is 2.50 bits per heavy atom. The average molecular weight is 417 g/mol. The summed E-state index contributed by atoms with van der Waals surface area (Å²) in [7, 11) is 2.83. The van der Waals surface area contributed by atoms with Crippen LogP contribution in [0.1, 0.15) is 43.4 Å². The Morgan fingerprint density at radius 2 is 1.88 bits per heavy atom. The van der Waals surface area contributed by atoms with E-state index in [1.165, 1.54) is 19.8 Å². The van der Waals surface area contributed by atoms with Crippen molar-refractivity contribution in [3.63, 3.8) is 0 Å². The highest BCUT2D eigenvalue weighted by molar-refractivity contribution is 9.10. The largest absolute Gasteiger partial charge is 0.469 e. The number of rotatable bonds is 10. The van der Waals surface area contributed by atoms with Crippen LogP contribution in [0.25, 0.3) is 0 Å². The third-order valence-corrected chi connectivity index (χ3v) is 5.58. The molecule has 0 aliphatic rings. The van der Waals surface area contributed by atoms with Crippen LogP contribution in [-0.4, -0.2) is 31.9 Å². The van der Waals surface area contributed by atoms with Crippen LogP contribution in [0.3, 0.4) is 0 Å². The van der Waals surface area contributed by atoms with E-state index in [1.807, 2.05) is 12.1 Å². The number of ether oxygens (including phenoxy) is 2. The van der Waals surface area contributed by atoms with E-state index in [-0.39, 0.29) is 23.1 Å². The molecule has 0 radical (unpaired) electrons. The lowest BCUT2D eigenvalue weighted by Gasteiger charge is -2.19. The highest BCUT2D eigenvalue weighted by Gasteiger charge is 2.17. The highest BCUT2D eigenvalue weighted by atomic mass is 79.9. The van der Waals surface area contributed by atoms with Crippen LogP contribution in [-0.2, 0) is 19.1 Å². The summed E-state index contributed by atoms with van der Waals surface area (Å²) < 4.78 is 10.5. The van der Waals surface area contributed by atoms with Gasteiger partial charge in [-0.05, 0) is 36.5 Å². The van der Waals surface area contributed by atoms with Gasteiger partial charge in [0.2, 0.25) is 0 Å². The van der Waals surface area contributed by atoms with Gasteiger partial charge in [0.15, 0.2) is 0 Å². The summed E-state index contributed by atoms with van der Waals surface area (Å²) in [4.78, 5) is 22.7. The summed E-state index contributed by atoms with van der Waals surface area (Å²) in [6.07, 6.45) is 2.72. The molecule has 0 fully saturated rings. The molecule has 6 heteroatoms. The van der Waals surface area contributed by atoms with Crippen molar-refractivity contribution in [2.75, 3.05) is 20.0 Å². The van der Waals surface area contributed by atoms with E-state index in [4.69, 9.17) is 9.47 Å². The summed E-state index contributed by atoms with van der Waals surface area (Å²) in [5.41, 5.74) is 1.23. The lowest BCUT2D eigenvalue weighted by molar-refractivity contribution is -0.142. The van der Waals surface area contributed by atoms with E-state index >= 15 is 0 Å². The second kappa shape index (κ2) is 11.5. The quantitative estimate of drug-likeness (QED) is 0.514. The molecule has 2 unspecified atom stereocenters. The first kappa shape index (κ1) is 21.0. The third-order valence-electron chi connectivity index (χ3n) is 3.74. The Labute approximate surface area is 156 Å². The van der Waals surface area contributed by atoms with E-state index in [9.17, 15) is 9.59 Å². The Bertz CT molecular complexity index is 536. The molecule has 134 valence electrons. The van der Waals surface area contributed by atoms with Gasteiger partial charge in [0.25, 0.3) is 0 Å². The van der Waals surface area contributed by atoms with Gasteiger partial charge in [0.1, 0.15) is 0 Å². The van der Waals surface area contributed by atoms with Gasteiger partial charge in [0.05, 0.1) is 20.6 Å². The van der Waals surface area contributed by atoms with Crippen LogP contribution in [0, 0.1) is 5.92 Å². The summed E-state index contributed by atoms with van der Waals surface area (Å²) >= 11 is 5.27. The fourth-order valence-electron chi connectivity index (χ4n) is 2.35. The van der Waals surface area contributed by atoms with Gasteiger partial charge in [0, 0.05) is 21.9 Å². The highest BCUT2D eigenvalue weighted by Crippen LogP contribution is 2.36. The van der Waals surface area contributed by atoms with Gasteiger partial charge in [-0.3, -0.25) is 9.59 Å². The molecule has 2 atom stereocenters. The van der Waals surface area contributed by atoms with Gasteiger partial charge < -0.3 is 9.47 Å². The van der Waals surface area contributed by atoms with Gasteiger partial charge in [-0.25, -0.2) is 0 Å². The molecule has 0 saturated heterocycles. The van der Waals surface area contributed by atoms with Crippen molar-refractivity contribution in [2.24, 2.45) is 5.92 Å². The van der Waals surface area contributed by atoms with Gasteiger partial charge in [-0.2, -0.15) is 11.8 Å². The minimum atomic E-state index is -0.186. The molecule has 0 saturated carbocycles. The summed E-state index contributed by atoms with van der Waals surface area (Å²) in [5, 5.41) is 0.284. The SMILES string of the molecule is COC(=O)CCSC(CCC(C)CC(=O)OC)c1cccc(Br)c1. The van der Waals surface area contributed by atoms with Crippen molar-refractivity contribution < 1.29 is 19.1 Å². The van der Waals surface area contributed by atoms with E-state index in [1.54, 1.807) is 11.8 Å². The minimum absolute atomic E-state index is 0.167. The van der Waals surface area contributed by atoms with Gasteiger partial charge in [-0.1, -0.05) is 35.0 Å². The van der Waals surface area contributed by atoms with E-state index < -0.39 is 0 Å². The first-order chi connectivity index (χ1) is 11.5. The Hall–Kier alpha value is -1.01. The normalized spacial score (nSPS) is 13.2. The number of carbonyl (C=O) groups excluding carboxylic acids is 2. The third kappa shape index (κ3) is 8.20. The summed E-state index contributed by atoms with van der Waals surface area (Å²) in [5.74, 6) is 0.637. The molecule has 1 aromatic carbocycles. The first-order valence-electron chi connectivity index (χ1n) is 7.97. The minimum Gasteiger partial charge on any atom is -0.469 e. The van der Waals surface area contributed by atoms with Crippen LogP contribution in [0.5, 0.6) is 0 Å². The Balaban J connectivity index is 2.63. The fourth-order valence-corrected chi connectivity index (χ4v) is 3.97. The Kier molecular flexibility index (Phi) is 10.1. The number of methoxy groups -OCH3 is 2. The van der Waals surface area contributed by atoms with Crippen molar-refractivity contribution in [3.8, 4) is 0 Å². The molecule has 1 aromatic rings. The van der Waals surface area contributed by atoms with Crippen molar-refractivity contribution in [2.45, 2.75) is 37.9 Å². The summed E-state index contributed by atoms with van der Waals surface area (Å²) in [6, 6.07) is 8.23. The molecular weight excluding hydrogens is 392 g/mol. The number of esters is 2. The number of hydrogen-bond donors (Lipinski definition) is 0. The van der Waals surface area contributed by atoms with Crippen molar-refractivity contribution in [1.29, 1.82) is 0 Å². The molecule has 24 heavy (non-hydrogen) atoms. The molecule has 0 aliphatic heterocycles. The molecule has 1 rings (SSSR count).